The average Bonchev–Trinajstić information content (AvgIpc) is 2.68. The lowest BCUT2D eigenvalue weighted by atomic mass is 9.87. The van der Waals surface area contributed by atoms with Crippen LogP contribution in [0.25, 0.3) is 0 Å². The van der Waals surface area contributed by atoms with Crippen molar-refractivity contribution in [1.29, 1.82) is 0 Å². The Balaban J connectivity index is 1.57. The highest BCUT2D eigenvalue weighted by molar-refractivity contribution is 5.56. The van der Waals surface area contributed by atoms with Crippen LogP contribution >= 0.6 is 0 Å². The maximum Gasteiger partial charge on any atom is 0.244 e. The number of nitrogens with one attached hydrogen (secondary N) is 2. The summed E-state index contributed by atoms with van der Waals surface area (Å²) in [7, 11) is 1.67. The average molecular weight is 377 g/mol. The van der Waals surface area contributed by atoms with Gasteiger partial charge in [0.1, 0.15) is 5.75 Å². The standard InChI is InChI=1S/C22H27N5O/c1-22(2,3)17-8-10-18(11-9-17)25-20-15-24-27-21(26-20)23-13-12-16-6-5-7-19(14-16)28-4/h5-11,14-15H,12-13H2,1-4H3,(H2,23,25,26,27). The van der Waals surface area contributed by atoms with E-state index in [4.69, 9.17) is 4.74 Å². The van der Waals surface area contributed by atoms with Crippen LogP contribution in [0, 0.1) is 0 Å². The first-order valence-electron chi connectivity index (χ1n) is 9.38. The van der Waals surface area contributed by atoms with Gasteiger partial charge in [-0.15, -0.1) is 5.10 Å². The van der Waals surface area contributed by atoms with E-state index in [9.17, 15) is 0 Å². The van der Waals surface area contributed by atoms with Gasteiger partial charge in [-0.2, -0.15) is 10.1 Å². The molecule has 2 N–H and O–H groups in total. The SMILES string of the molecule is COc1cccc(CCNc2nncc(Nc3ccc(C(C)(C)C)cc3)n2)c1. The molecule has 1 aromatic heterocycles. The van der Waals surface area contributed by atoms with Gasteiger partial charge in [0, 0.05) is 12.2 Å². The van der Waals surface area contributed by atoms with E-state index in [1.165, 1.54) is 11.1 Å². The number of hydrogen-bond acceptors (Lipinski definition) is 6. The summed E-state index contributed by atoms with van der Waals surface area (Å²) >= 11 is 0. The third kappa shape index (κ3) is 5.42. The van der Waals surface area contributed by atoms with Crippen molar-refractivity contribution in [3.8, 4) is 5.75 Å². The van der Waals surface area contributed by atoms with E-state index in [1.807, 2.05) is 18.2 Å². The Hall–Kier alpha value is -3.15. The van der Waals surface area contributed by atoms with E-state index >= 15 is 0 Å². The van der Waals surface area contributed by atoms with E-state index in [0.29, 0.717) is 18.3 Å². The molecule has 0 aliphatic rings. The Morgan fingerprint density at radius 1 is 1.04 bits per heavy atom. The van der Waals surface area contributed by atoms with Crippen LogP contribution in [0.4, 0.5) is 17.5 Å². The van der Waals surface area contributed by atoms with Crippen LogP contribution < -0.4 is 15.4 Å². The van der Waals surface area contributed by atoms with Crippen LogP contribution in [0.15, 0.2) is 54.7 Å². The monoisotopic (exact) mass is 377 g/mol. The largest absolute Gasteiger partial charge is 0.497 e. The molecule has 3 rings (SSSR count). The predicted octanol–water partition coefficient (Wildman–Crippen LogP) is 4.58. The quantitative estimate of drug-likeness (QED) is 0.628. The summed E-state index contributed by atoms with van der Waals surface area (Å²) in [5.41, 5.74) is 3.58. The normalized spacial score (nSPS) is 11.1. The van der Waals surface area contributed by atoms with E-state index in [1.54, 1.807) is 13.3 Å². The minimum atomic E-state index is 0.134. The Morgan fingerprint density at radius 3 is 2.54 bits per heavy atom. The maximum absolute atomic E-state index is 5.25. The molecule has 0 unspecified atom stereocenters. The van der Waals surface area contributed by atoms with Crippen LogP contribution in [0.2, 0.25) is 0 Å². The third-order valence-corrected chi connectivity index (χ3v) is 4.41. The molecule has 0 atom stereocenters. The highest BCUT2D eigenvalue weighted by Crippen LogP contribution is 2.24. The molecule has 0 aliphatic carbocycles. The van der Waals surface area contributed by atoms with Gasteiger partial charge in [-0.25, -0.2) is 0 Å². The molecule has 0 aliphatic heterocycles. The summed E-state index contributed by atoms with van der Waals surface area (Å²) < 4.78 is 5.25. The maximum atomic E-state index is 5.25. The highest BCUT2D eigenvalue weighted by Gasteiger charge is 2.12. The van der Waals surface area contributed by atoms with Crippen LogP contribution in [0.3, 0.4) is 0 Å². The minimum Gasteiger partial charge on any atom is -0.497 e. The van der Waals surface area contributed by atoms with Crippen molar-refractivity contribution >= 4 is 17.5 Å². The number of nitrogens with zero attached hydrogens (tertiary/aromatic N) is 3. The molecule has 0 fully saturated rings. The van der Waals surface area contributed by atoms with E-state index in [0.717, 1.165) is 17.9 Å². The number of ether oxygens (including phenoxy) is 1. The van der Waals surface area contributed by atoms with Crippen molar-refractivity contribution in [2.45, 2.75) is 32.6 Å². The van der Waals surface area contributed by atoms with Gasteiger partial charge in [0.25, 0.3) is 0 Å². The molecule has 28 heavy (non-hydrogen) atoms. The molecule has 0 amide bonds. The fourth-order valence-electron chi connectivity index (χ4n) is 2.79. The molecule has 0 radical (unpaired) electrons. The van der Waals surface area contributed by atoms with Gasteiger partial charge in [0.05, 0.1) is 13.3 Å². The summed E-state index contributed by atoms with van der Waals surface area (Å²) in [5, 5.41) is 14.6. The first-order valence-corrected chi connectivity index (χ1v) is 9.38. The van der Waals surface area contributed by atoms with Gasteiger partial charge in [0.15, 0.2) is 5.82 Å². The highest BCUT2D eigenvalue weighted by atomic mass is 16.5. The van der Waals surface area contributed by atoms with Crippen molar-refractivity contribution in [2.75, 3.05) is 24.3 Å². The first kappa shape index (κ1) is 19.6. The van der Waals surface area contributed by atoms with Crippen molar-refractivity contribution in [3.05, 3.63) is 65.9 Å². The smallest absolute Gasteiger partial charge is 0.244 e. The van der Waals surface area contributed by atoms with Gasteiger partial charge < -0.3 is 15.4 Å². The number of benzene rings is 2. The van der Waals surface area contributed by atoms with Crippen LogP contribution in [0.1, 0.15) is 31.9 Å². The van der Waals surface area contributed by atoms with Crippen LogP contribution in [-0.4, -0.2) is 28.8 Å². The second-order valence-electron chi connectivity index (χ2n) is 7.65. The zero-order valence-corrected chi connectivity index (χ0v) is 16.9. The van der Waals surface area contributed by atoms with E-state index < -0.39 is 0 Å². The molecule has 6 heteroatoms. The van der Waals surface area contributed by atoms with Gasteiger partial charge in [0.2, 0.25) is 5.95 Å². The lowest BCUT2D eigenvalue weighted by Gasteiger charge is -2.19. The second-order valence-corrected chi connectivity index (χ2v) is 7.65. The number of methoxy groups -OCH3 is 1. The first-order chi connectivity index (χ1) is 13.4. The molecule has 6 nitrogen and oxygen atoms in total. The van der Waals surface area contributed by atoms with Gasteiger partial charge in [-0.3, -0.25) is 0 Å². The molecule has 0 saturated carbocycles. The minimum absolute atomic E-state index is 0.134. The van der Waals surface area contributed by atoms with Gasteiger partial charge in [-0.05, 0) is 47.2 Å². The second kappa shape index (κ2) is 8.69. The van der Waals surface area contributed by atoms with Crippen LogP contribution in [-0.2, 0) is 11.8 Å². The summed E-state index contributed by atoms with van der Waals surface area (Å²) in [5.74, 6) is 2.01. The van der Waals surface area contributed by atoms with E-state index in [-0.39, 0.29) is 5.41 Å². The lowest BCUT2D eigenvalue weighted by Crippen LogP contribution is -2.11. The fourth-order valence-corrected chi connectivity index (χ4v) is 2.79. The summed E-state index contributed by atoms with van der Waals surface area (Å²) in [6.07, 6.45) is 2.46. The Morgan fingerprint density at radius 2 is 1.82 bits per heavy atom. The summed E-state index contributed by atoms with van der Waals surface area (Å²) in [4.78, 5) is 4.48. The third-order valence-electron chi connectivity index (χ3n) is 4.41. The molecular weight excluding hydrogens is 350 g/mol. The van der Waals surface area contributed by atoms with Crippen molar-refractivity contribution in [1.82, 2.24) is 15.2 Å². The lowest BCUT2D eigenvalue weighted by molar-refractivity contribution is 0.414. The van der Waals surface area contributed by atoms with Crippen molar-refractivity contribution < 1.29 is 4.74 Å². The van der Waals surface area contributed by atoms with Crippen LogP contribution in [0.5, 0.6) is 5.75 Å². The van der Waals surface area contributed by atoms with Crippen molar-refractivity contribution in [3.63, 3.8) is 0 Å². The van der Waals surface area contributed by atoms with Gasteiger partial charge in [-0.1, -0.05) is 45.0 Å². The van der Waals surface area contributed by atoms with Gasteiger partial charge >= 0.3 is 0 Å². The molecule has 3 aromatic rings. The number of anilines is 3. The Labute approximate surface area is 166 Å². The number of aromatic nitrogens is 3. The molecule has 146 valence electrons. The zero-order valence-electron chi connectivity index (χ0n) is 16.9. The Bertz CT molecular complexity index is 903. The summed E-state index contributed by atoms with van der Waals surface area (Å²) in [6, 6.07) is 16.4. The zero-order chi connectivity index (χ0) is 20.0. The molecule has 0 bridgehead atoms. The topological polar surface area (TPSA) is 72.0 Å². The number of hydrogen-bond donors (Lipinski definition) is 2. The fraction of sp³-hybridized carbons (Fsp3) is 0.318. The predicted molar refractivity (Wildman–Crippen MR) is 113 cm³/mol. The molecule has 0 spiro atoms. The number of rotatable bonds is 7. The molecule has 0 saturated heterocycles. The Kier molecular flexibility index (Phi) is 6.09. The summed E-state index contributed by atoms with van der Waals surface area (Å²) in [6.45, 7) is 7.31. The molecular formula is C22H27N5O. The molecule has 2 aromatic carbocycles. The van der Waals surface area contributed by atoms with E-state index in [2.05, 4.69) is 76.9 Å². The van der Waals surface area contributed by atoms with Crippen molar-refractivity contribution in [2.24, 2.45) is 0 Å². The molecule has 1 heterocycles.